The average Bonchev–Trinajstić information content (AvgIpc) is 2.00. The van der Waals surface area contributed by atoms with Crippen LogP contribution in [0.5, 0.6) is 0 Å². The van der Waals surface area contributed by atoms with Crippen LogP contribution in [0.25, 0.3) is 0 Å². The van der Waals surface area contributed by atoms with Gasteiger partial charge in [0.1, 0.15) is 6.61 Å². The van der Waals surface area contributed by atoms with E-state index in [2.05, 4.69) is 9.47 Å². The van der Waals surface area contributed by atoms with Crippen molar-refractivity contribution in [1.82, 2.24) is 0 Å². The van der Waals surface area contributed by atoms with Gasteiger partial charge in [-0.05, 0) is 6.42 Å². The fourth-order valence-corrected chi connectivity index (χ4v) is 0.368. The van der Waals surface area contributed by atoms with Gasteiger partial charge in [-0.1, -0.05) is 6.92 Å². The molecule has 0 spiro atoms. The highest BCUT2D eigenvalue weighted by Gasteiger charge is 2.09. The number of ether oxygens (including phenoxy) is 2. The van der Waals surface area contributed by atoms with Crippen molar-refractivity contribution in [2.75, 3.05) is 13.2 Å². The molecule has 0 rings (SSSR count). The summed E-state index contributed by atoms with van der Waals surface area (Å²) in [6, 6.07) is 0. The highest BCUT2D eigenvalue weighted by atomic mass is 16.8. The predicted molar refractivity (Wildman–Crippen MR) is 35.8 cm³/mol. The predicted octanol–water partition coefficient (Wildman–Crippen LogP) is -0.140. The van der Waals surface area contributed by atoms with Gasteiger partial charge in [0, 0.05) is 0 Å². The molecule has 0 aromatic carbocycles. The fraction of sp³-hybridized carbons (Fsp3) is 0.833. The van der Waals surface area contributed by atoms with Crippen LogP contribution in [-0.4, -0.2) is 35.9 Å². The first-order valence-corrected chi connectivity index (χ1v) is 3.33. The zero-order chi connectivity index (χ0) is 8.69. The van der Waals surface area contributed by atoms with Crippen LogP contribution in [0.2, 0.25) is 0 Å². The van der Waals surface area contributed by atoms with Crippen molar-refractivity contribution in [2.45, 2.75) is 19.6 Å². The highest BCUT2D eigenvalue weighted by molar-refractivity contribution is 5.59. The van der Waals surface area contributed by atoms with Crippen LogP contribution in [0.1, 0.15) is 13.3 Å². The maximum atomic E-state index is 10.5. The quantitative estimate of drug-likeness (QED) is 0.446. The lowest BCUT2D eigenvalue weighted by atomic mass is 10.5. The molecule has 11 heavy (non-hydrogen) atoms. The molecule has 0 aromatic rings. The van der Waals surface area contributed by atoms with Gasteiger partial charge in [-0.15, -0.1) is 0 Å². The molecule has 1 atom stereocenters. The van der Waals surface area contributed by atoms with Gasteiger partial charge in [0.15, 0.2) is 0 Å². The third-order valence-electron chi connectivity index (χ3n) is 0.812. The molecule has 0 aliphatic heterocycles. The van der Waals surface area contributed by atoms with Crippen molar-refractivity contribution >= 4 is 6.16 Å². The Hall–Kier alpha value is -0.810. The van der Waals surface area contributed by atoms with E-state index in [0.29, 0.717) is 6.42 Å². The lowest BCUT2D eigenvalue weighted by molar-refractivity contribution is -0.104. The Morgan fingerprint density at radius 2 is 2.27 bits per heavy atom. The second kappa shape index (κ2) is 5.94. The monoisotopic (exact) mass is 164 g/mol. The van der Waals surface area contributed by atoms with E-state index >= 15 is 0 Å². The van der Waals surface area contributed by atoms with E-state index < -0.39 is 19.1 Å². The molecule has 0 aromatic heterocycles. The van der Waals surface area contributed by atoms with E-state index in [1.807, 2.05) is 6.92 Å². The minimum Gasteiger partial charge on any atom is -0.434 e. The summed E-state index contributed by atoms with van der Waals surface area (Å²) in [7, 11) is 0. The van der Waals surface area contributed by atoms with E-state index in [1.165, 1.54) is 0 Å². The number of carbonyl (C=O) groups excluding carboxylic acids is 1. The molecule has 1 unspecified atom stereocenters. The number of aliphatic hydroxyl groups is 2. The third-order valence-corrected chi connectivity index (χ3v) is 0.812. The Labute approximate surface area is 64.5 Å². The van der Waals surface area contributed by atoms with E-state index in [9.17, 15) is 4.79 Å². The summed E-state index contributed by atoms with van der Waals surface area (Å²) in [4.78, 5) is 10.5. The van der Waals surface area contributed by atoms with Gasteiger partial charge in [0.2, 0.25) is 6.29 Å². The first-order valence-electron chi connectivity index (χ1n) is 3.33. The van der Waals surface area contributed by atoms with Gasteiger partial charge >= 0.3 is 6.16 Å². The van der Waals surface area contributed by atoms with Crippen LogP contribution in [0.15, 0.2) is 0 Å². The summed E-state index contributed by atoms with van der Waals surface area (Å²) in [6.07, 6.45) is -1.77. The number of carbonyl (C=O) groups is 1. The van der Waals surface area contributed by atoms with E-state index in [-0.39, 0.29) is 6.61 Å². The zero-order valence-corrected chi connectivity index (χ0v) is 6.32. The highest BCUT2D eigenvalue weighted by Crippen LogP contribution is 1.91. The number of rotatable bonds is 4. The summed E-state index contributed by atoms with van der Waals surface area (Å²) >= 11 is 0. The minimum atomic E-state index is -1.49. The smallest absolute Gasteiger partial charge is 0.434 e. The van der Waals surface area contributed by atoms with Crippen molar-refractivity contribution < 1.29 is 24.5 Å². The average molecular weight is 164 g/mol. The van der Waals surface area contributed by atoms with Gasteiger partial charge in [0.05, 0.1) is 6.61 Å². The van der Waals surface area contributed by atoms with Gasteiger partial charge in [-0.25, -0.2) is 4.79 Å². The van der Waals surface area contributed by atoms with Crippen LogP contribution in [0.3, 0.4) is 0 Å². The molecular weight excluding hydrogens is 152 g/mol. The Balaban J connectivity index is 3.36. The number of aliphatic hydroxyl groups excluding tert-OH is 2. The Bertz CT molecular complexity index is 114. The summed E-state index contributed by atoms with van der Waals surface area (Å²) in [5.41, 5.74) is 0. The van der Waals surface area contributed by atoms with Crippen molar-refractivity contribution in [2.24, 2.45) is 0 Å². The zero-order valence-electron chi connectivity index (χ0n) is 6.32. The summed E-state index contributed by atoms with van der Waals surface area (Å²) < 4.78 is 8.58. The standard InChI is InChI=1S/C6H12O5/c1-2-3-10-6(9)11-5(8)4-7/h5,7-8H,2-4H2,1H3. The Kier molecular flexibility index (Phi) is 5.50. The molecule has 0 saturated carbocycles. The first kappa shape index (κ1) is 10.2. The molecule has 0 radical (unpaired) electrons. The fourth-order valence-electron chi connectivity index (χ4n) is 0.368. The number of hydrogen-bond donors (Lipinski definition) is 2. The molecule has 5 heteroatoms. The molecule has 0 fully saturated rings. The second-order valence-corrected chi connectivity index (χ2v) is 1.85. The lowest BCUT2D eigenvalue weighted by Gasteiger charge is -2.08. The van der Waals surface area contributed by atoms with Crippen molar-refractivity contribution in [3.8, 4) is 0 Å². The molecule has 0 heterocycles. The van der Waals surface area contributed by atoms with E-state index in [1.54, 1.807) is 0 Å². The molecule has 0 aliphatic carbocycles. The van der Waals surface area contributed by atoms with E-state index in [4.69, 9.17) is 10.2 Å². The van der Waals surface area contributed by atoms with Gasteiger partial charge in [-0.2, -0.15) is 0 Å². The topological polar surface area (TPSA) is 76.0 Å². The van der Waals surface area contributed by atoms with Crippen LogP contribution < -0.4 is 0 Å². The summed E-state index contributed by atoms with van der Waals surface area (Å²) in [5, 5.41) is 16.8. The second-order valence-electron chi connectivity index (χ2n) is 1.85. The minimum absolute atomic E-state index is 0.247. The van der Waals surface area contributed by atoms with Gasteiger partial charge in [-0.3, -0.25) is 0 Å². The maximum Gasteiger partial charge on any atom is 0.510 e. The van der Waals surface area contributed by atoms with Crippen LogP contribution >= 0.6 is 0 Å². The van der Waals surface area contributed by atoms with Crippen LogP contribution in [0, 0.1) is 0 Å². The van der Waals surface area contributed by atoms with Crippen LogP contribution in [-0.2, 0) is 9.47 Å². The molecule has 0 amide bonds. The Morgan fingerprint density at radius 3 is 2.73 bits per heavy atom. The van der Waals surface area contributed by atoms with Crippen molar-refractivity contribution in [3.63, 3.8) is 0 Å². The number of hydrogen-bond acceptors (Lipinski definition) is 5. The first-order chi connectivity index (χ1) is 5.20. The lowest BCUT2D eigenvalue weighted by Crippen LogP contribution is -2.21. The maximum absolute atomic E-state index is 10.5. The summed E-state index contributed by atoms with van der Waals surface area (Å²) in [6.45, 7) is 1.45. The van der Waals surface area contributed by atoms with E-state index in [0.717, 1.165) is 0 Å². The Morgan fingerprint density at radius 1 is 1.64 bits per heavy atom. The van der Waals surface area contributed by atoms with Crippen molar-refractivity contribution in [1.29, 1.82) is 0 Å². The largest absolute Gasteiger partial charge is 0.510 e. The van der Waals surface area contributed by atoms with Crippen molar-refractivity contribution in [3.05, 3.63) is 0 Å². The molecule has 5 nitrogen and oxygen atoms in total. The molecule has 0 saturated heterocycles. The van der Waals surface area contributed by atoms with Crippen LogP contribution in [0.4, 0.5) is 4.79 Å². The molecule has 0 bridgehead atoms. The molecule has 66 valence electrons. The van der Waals surface area contributed by atoms with Gasteiger partial charge in [0.25, 0.3) is 0 Å². The normalized spacial score (nSPS) is 12.3. The molecule has 2 N–H and O–H groups in total. The third kappa shape index (κ3) is 5.63. The van der Waals surface area contributed by atoms with Gasteiger partial charge < -0.3 is 19.7 Å². The SMILES string of the molecule is CCCOC(=O)OC(O)CO. The molecule has 0 aliphatic rings. The summed E-state index contributed by atoms with van der Waals surface area (Å²) in [5.74, 6) is 0. The molecular formula is C6H12O5.